The number of anilines is 1. The maximum atomic E-state index is 13.5. The van der Waals surface area contributed by atoms with Crippen molar-refractivity contribution in [2.75, 3.05) is 44.4 Å². The van der Waals surface area contributed by atoms with Gasteiger partial charge in [0.25, 0.3) is 5.92 Å². The van der Waals surface area contributed by atoms with Gasteiger partial charge in [0.2, 0.25) is 0 Å². The van der Waals surface area contributed by atoms with Crippen LogP contribution in [0.25, 0.3) is 0 Å². The number of nitrogens with one attached hydrogen (secondary N) is 1. The molecule has 4 rings (SSSR count). The Morgan fingerprint density at radius 2 is 2.24 bits per heavy atom. The molecule has 2 aliphatic heterocycles. The molecular weight excluding hydrogens is 488 g/mol. The third kappa shape index (κ3) is 6.85. The van der Waals surface area contributed by atoms with Crippen LogP contribution >= 0.6 is 11.8 Å². The first-order valence-electron chi connectivity index (χ1n) is 11.3. The van der Waals surface area contributed by atoms with Crippen molar-refractivity contribution in [1.29, 1.82) is 0 Å². The summed E-state index contributed by atoms with van der Waals surface area (Å²) in [4.78, 5) is 11.5. The third-order valence-electron chi connectivity index (χ3n) is 6.47. The van der Waals surface area contributed by atoms with Crippen LogP contribution in [-0.4, -0.2) is 74.4 Å². The number of thioether (sulfide) groups is 1. The number of halogens is 2. The number of nitrogens with zero attached hydrogens (tertiary/aromatic N) is 3. The summed E-state index contributed by atoms with van der Waals surface area (Å²) >= 11 is 1.68. The van der Waals surface area contributed by atoms with E-state index in [1.807, 2.05) is 4.90 Å². The highest BCUT2D eigenvalue weighted by Crippen LogP contribution is 2.42. The van der Waals surface area contributed by atoms with Gasteiger partial charge in [-0.3, -0.25) is 9.08 Å². The highest BCUT2D eigenvalue weighted by atomic mass is 32.2. The zero-order valence-electron chi connectivity index (χ0n) is 19.0. The number of rotatable bonds is 10. The summed E-state index contributed by atoms with van der Waals surface area (Å²) in [5.41, 5.74) is 0.807. The Hall–Kier alpha value is -1.38. The molecule has 1 aromatic rings. The van der Waals surface area contributed by atoms with Crippen LogP contribution in [0.2, 0.25) is 0 Å². The molecule has 13 heteroatoms. The van der Waals surface area contributed by atoms with Crippen molar-refractivity contribution in [3.63, 3.8) is 0 Å². The minimum absolute atomic E-state index is 0.0716. The number of methoxy groups -OCH3 is 1. The molecule has 3 N–H and O–H groups in total. The third-order valence-corrected chi connectivity index (χ3v) is 8.22. The largest absolute Gasteiger partial charge is 0.371 e. The van der Waals surface area contributed by atoms with Crippen LogP contribution < -0.4 is 10.5 Å². The van der Waals surface area contributed by atoms with E-state index in [0.717, 1.165) is 35.5 Å². The normalized spacial score (nSPS) is 28.2. The Morgan fingerprint density at radius 1 is 1.41 bits per heavy atom. The molecule has 190 valence electrons. The lowest BCUT2D eigenvalue weighted by Crippen LogP contribution is -2.29. The molecule has 1 aromatic heterocycles. The fourth-order valence-corrected chi connectivity index (χ4v) is 6.54. The molecule has 3 aliphatic rings. The molecular formula is C21H31F2N5O4S2. The fraction of sp³-hybridized carbons (Fsp3) is 0.714. The molecule has 2 unspecified atom stereocenters. The number of hydrogen-bond donors (Lipinski definition) is 2. The number of likely N-dealkylation sites (tertiary alicyclic amines) is 1. The summed E-state index contributed by atoms with van der Waals surface area (Å²) in [6.07, 6.45) is 7.30. The van der Waals surface area contributed by atoms with Gasteiger partial charge in [0.05, 0.1) is 13.2 Å². The molecule has 0 bridgehead atoms. The molecule has 1 saturated heterocycles. The minimum Gasteiger partial charge on any atom is -0.371 e. The first-order chi connectivity index (χ1) is 16.1. The molecule has 2 fully saturated rings. The van der Waals surface area contributed by atoms with Crippen LogP contribution in [0.4, 0.5) is 14.6 Å². The van der Waals surface area contributed by atoms with Crippen LogP contribution in [0.5, 0.6) is 0 Å². The van der Waals surface area contributed by atoms with Crippen molar-refractivity contribution in [3.8, 4) is 0 Å². The molecule has 1 saturated carbocycles. The lowest BCUT2D eigenvalue weighted by molar-refractivity contribution is 0.0116. The van der Waals surface area contributed by atoms with Crippen LogP contribution in [0, 0.1) is 11.8 Å². The van der Waals surface area contributed by atoms with E-state index >= 15 is 0 Å². The van der Waals surface area contributed by atoms with Gasteiger partial charge in [0, 0.05) is 61.0 Å². The Balaban J connectivity index is 1.39. The van der Waals surface area contributed by atoms with Crippen LogP contribution in [0.15, 0.2) is 23.5 Å². The van der Waals surface area contributed by atoms with Crippen molar-refractivity contribution < 1.29 is 26.1 Å². The van der Waals surface area contributed by atoms with Crippen LogP contribution in [0.3, 0.4) is 0 Å². The van der Waals surface area contributed by atoms with Gasteiger partial charge >= 0.3 is 10.3 Å². The van der Waals surface area contributed by atoms with E-state index in [0.29, 0.717) is 18.9 Å². The van der Waals surface area contributed by atoms with E-state index in [1.54, 1.807) is 25.1 Å². The van der Waals surface area contributed by atoms with E-state index in [2.05, 4.69) is 21.4 Å². The summed E-state index contributed by atoms with van der Waals surface area (Å²) in [5.74, 6) is -0.821. The summed E-state index contributed by atoms with van der Waals surface area (Å²) < 4.78 is 59.8. The van der Waals surface area contributed by atoms with Crippen molar-refractivity contribution in [2.45, 2.75) is 43.8 Å². The van der Waals surface area contributed by atoms with E-state index < -0.39 is 16.2 Å². The quantitative estimate of drug-likeness (QED) is 0.481. The van der Waals surface area contributed by atoms with Crippen molar-refractivity contribution >= 4 is 27.9 Å². The highest BCUT2D eigenvalue weighted by Gasteiger charge is 2.39. The van der Waals surface area contributed by atoms with Gasteiger partial charge in [-0.2, -0.15) is 8.42 Å². The van der Waals surface area contributed by atoms with E-state index in [-0.39, 0.29) is 43.6 Å². The zero-order chi connectivity index (χ0) is 24.3. The van der Waals surface area contributed by atoms with Gasteiger partial charge in [0.15, 0.2) is 0 Å². The van der Waals surface area contributed by atoms with Crippen LogP contribution in [0.1, 0.15) is 37.4 Å². The SMILES string of the molecule is COC(C1=CC(CN2CCC(F)(F)C2)CS1)c1cncnc1N[C@H]1CC[C@@H](COS(N)(=O)=O)C1. The number of aromatic nitrogens is 2. The van der Waals surface area contributed by atoms with Crippen molar-refractivity contribution in [3.05, 3.63) is 29.1 Å². The monoisotopic (exact) mass is 519 g/mol. The Morgan fingerprint density at radius 3 is 2.94 bits per heavy atom. The summed E-state index contributed by atoms with van der Waals surface area (Å²) in [7, 11) is -2.31. The van der Waals surface area contributed by atoms with Gasteiger partial charge in [0.1, 0.15) is 18.2 Å². The summed E-state index contributed by atoms with van der Waals surface area (Å²) in [5, 5.41) is 8.39. The van der Waals surface area contributed by atoms with Crippen molar-refractivity contribution in [2.24, 2.45) is 17.0 Å². The molecule has 0 spiro atoms. The number of alkyl halides is 2. The second-order valence-corrected chi connectivity index (χ2v) is 11.5. The molecule has 34 heavy (non-hydrogen) atoms. The smallest absolute Gasteiger partial charge is 0.333 e. The van der Waals surface area contributed by atoms with E-state index in [9.17, 15) is 17.2 Å². The zero-order valence-corrected chi connectivity index (χ0v) is 20.7. The molecule has 4 atom stereocenters. The Kier molecular flexibility index (Phi) is 8.09. The van der Waals surface area contributed by atoms with Crippen molar-refractivity contribution in [1.82, 2.24) is 14.9 Å². The molecule has 0 radical (unpaired) electrons. The Bertz CT molecular complexity index is 997. The first-order valence-corrected chi connectivity index (χ1v) is 13.8. The van der Waals surface area contributed by atoms with E-state index in [4.69, 9.17) is 14.1 Å². The van der Waals surface area contributed by atoms with Gasteiger partial charge in [-0.05, 0) is 25.2 Å². The predicted octanol–water partition coefficient (Wildman–Crippen LogP) is 2.55. The van der Waals surface area contributed by atoms with Gasteiger partial charge in [-0.25, -0.2) is 23.9 Å². The second-order valence-electron chi connectivity index (χ2n) is 9.22. The molecule has 0 amide bonds. The standard InChI is InChI=1S/C21H31F2N5O4S2/c1-31-19(18-7-15(11-33-18)9-28-5-4-21(22,23)12-28)17-8-25-13-26-20(17)27-16-3-2-14(6-16)10-32-34(24,29)30/h7-8,13-16,19H,2-6,9-12H2,1H3,(H2,24,29,30)(H,25,26,27)/t14-,15?,16+,19?/m1/s1. The fourth-order valence-electron chi connectivity index (χ4n) is 4.89. The second kappa shape index (κ2) is 10.7. The Labute approximate surface area is 203 Å². The minimum atomic E-state index is -3.94. The lowest BCUT2D eigenvalue weighted by atomic mass is 10.1. The summed E-state index contributed by atoms with van der Waals surface area (Å²) in [6.45, 7) is 0.942. The highest BCUT2D eigenvalue weighted by molar-refractivity contribution is 8.03. The molecule has 9 nitrogen and oxygen atoms in total. The number of nitrogens with two attached hydrogens (primary N) is 1. The van der Waals surface area contributed by atoms with E-state index in [1.165, 1.54) is 6.33 Å². The van der Waals surface area contributed by atoms with Crippen LogP contribution in [-0.2, 0) is 19.2 Å². The molecule has 1 aliphatic carbocycles. The molecule has 0 aromatic carbocycles. The molecule has 3 heterocycles. The maximum Gasteiger partial charge on any atom is 0.333 e. The number of hydrogen-bond acceptors (Lipinski definition) is 9. The van der Waals surface area contributed by atoms with Gasteiger partial charge in [-0.1, -0.05) is 6.08 Å². The van der Waals surface area contributed by atoms with Gasteiger partial charge in [-0.15, -0.1) is 11.8 Å². The number of ether oxygens (including phenoxy) is 1. The predicted molar refractivity (Wildman–Crippen MR) is 126 cm³/mol. The lowest BCUT2D eigenvalue weighted by Gasteiger charge is -2.22. The average Bonchev–Trinajstić information content (AvgIpc) is 3.49. The maximum absolute atomic E-state index is 13.5. The van der Waals surface area contributed by atoms with Gasteiger partial charge < -0.3 is 10.1 Å². The first kappa shape index (κ1) is 25.7. The average molecular weight is 520 g/mol. The summed E-state index contributed by atoms with van der Waals surface area (Å²) in [6, 6.07) is 0.107. The topological polar surface area (TPSA) is 120 Å².